The lowest BCUT2D eigenvalue weighted by Gasteiger charge is -2.05. The third-order valence-electron chi connectivity index (χ3n) is 2.07. The summed E-state index contributed by atoms with van der Waals surface area (Å²) in [5.41, 5.74) is 1.18. The first kappa shape index (κ1) is 17.2. The van der Waals surface area contributed by atoms with Gasteiger partial charge in [-0.25, -0.2) is 4.39 Å². The molecule has 0 spiro atoms. The lowest BCUT2D eigenvalue weighted by molar-refractivity contribution is 0.480. The Labute approximate surface area is 116 Å². The maximum absolute atomic E-state index is 12.6. The van der Waals surface area contributed by atoms with Crippen LogP contribution in [0.3, 0.4) is 0 Å². The fourth-order valence-corrected chi connectivity index (χ4v) is 1.25. The average molecular weight is 262 g/mol. The third kappa shape index (κ3) is 6.61. The molecule has 0 aliphatic carbocycles. The monoisotopic (exact) mass is 262 g/mol. The Morgan fingerprint density at radius 2 is 1.05 bits per heavy atom. The molecule has 0 unspecified atom stereocenters. The van der Waals surface area contributed by atoms with Crippen molar-refractivity contribution in [3.05, 3.63) is 59.9 Å². The van der Waals surface area contributed by atoms with Crippen LogP contribution in [0.15, 0.2) is 48.5 Å². The van der Waals surface area contributed by atoms with Crippen molar-refractivity contribution in [2.75, 3.05) is 0 Å². The molecule has 0 saturated carbocycles. The minimum absolute atomic E-state index is 0.258. The van der Waals surface area contributed by atoms with Crippen molar-refractivity contribution in [1.82, 2.24) is 0 Å². The Morgan fingerprint density at radius 1 is 0.684 bits per heavy atom. The molecular weight excluding hydrogens is 239 g/mol. The fraction of sp³-hybridized carbons (Fsp3) is 0.294. The Kier molecular flexibility index (Phi) is 9.15. The predicted octanol–water partition coefficient (Wildman–Crippen LogP) is 5.98. The zero-order valence-electron chi connectivity index (χ0n) is 12.4. The Bertz CT molecular complexity index is 388. The summed E-state index contributed by atoms with van der Waals surface area (Å²) in [6.07, 6.45) is 0. The average Bonchev–Trinajstić information content (AvgIpc) is 2.48. The van der Waals surface area contributed by atoms with Gasteiger partial charge < -0.3 is 4.74 Å². The van der Waals surface area contributed by atoms with Gasteiger partial charge in [-0.05, 0) is 43.3 Å². The highest BCUT2D eigenvalue weighted by molar-refractivity contribution is 5.32. The highest BCUT2D eigenvalue weighted by atomic mass is 19.1. The molecule has 0 radical (unpaired) electrons. The minimum atomic E-state index is -0.258. The van der Waals surface area contributed by atoms with Crippen LogP contribution in [0.2, 0.25) is 0 Å². The number of hydrogen-bond donors (Lipinski definition) is 0. The standard InChI is InChI=1S/C13H11FO.2C2H6/c1-10-2-6-12(7-3-10)15-13-8-4-11(14)5-9-13;2*1-2/h2-9H,1H3;2*1-2H3. The van der Waals surface area contributed by atoms with Crippen LogP contribution >= 0.6 is 0 Å². The number of ether oxygens (including phenoxy) is 1. The van der Waals surface area contributed by atoms with E-state index >= 15 is 0 Å². The van der Waals surface area contributed by atoms with E-state index in [9.17, 15) is 4.39 Å². The van der Waals surface area contributed by atoms with Crippen molar-refractivity contribution in [1.29, 1.82) is 0 Å². The fourth-order valence-electron chi connectivity index (χ4n) is 1.25. The zero-order valence-corrected chi connectivity index (χ0v) is 12.4. The third-order valence-corrected chi connectivity index (χ3v) is 2.07. The Morgan fingerprint density at radius 3 is 1.47 bits per heavy atom. The smallest absolute Gasteiger partial charge is 0.127 e. The number of aryl methyl sites for hydroxylation is 1. The molecule has 104 valence electrons. The van der Waals surface area contributed by atoms with E-state index in [1.807, 2.05) is 58.9 Å². The van der Waals surface area contributed by atoms with E-state index in [1.165, 1.54) is 17.7 Å². The van der Waals surface area contributed by atoms with Crippen LogP contribution in [0.5, 0.6) is 11.5 Å². The molecule has 0 amide bonds. The summed E-state index contributed by atoms with van der Waals surface area (Å²) in [5, 5.41) is 0. The van der Waals surface area contributed by atoms with Crippen molar-refractivity contribution in [2.24, 2.45) is 0 Å². The summed E-state index contributed by atoms with van der Waals surface area (Å²) < 4.78 is 18.1. The highest BCUT2D eigenvalue weighted by Gasteiger charge is 1.96. The number of halogens is 1. The van der Waals surface area contributed by atoms with E-state index in [4.69, 9.17) is 4.74 Å². The Balaban J connectivity index is 0.000000741. The molecule has 2 rings (SSSR count). The van der Waals surface area contributed by atoms with Crippen molar-refractivity contribution in [3.8, 4) is 11.5 Å². The number of hydrogen-bond acceptors (Lipinski definition) is 1. The van der Waals surface area contributed by atoms with E-state index in [-0.39, 0.29) is 5.82 Å². The first-order chi connectivity index (χ1) is 9.24. The maximum atomic E-state index is 12.6. The van der Waals surface area contributed by atoms with Crippen LogP contribution in [0.1, 0.15) is 33.3 Å². The molecule has 0 fully saturated rings. The SMILES string of the molecule is CC.CC.Cc1ccc(Oc2ccc(F)cc2)cc1. The molecule has 1 nitrogen and oxygen atoms in total. The van der Waals surface area contributed by atoms with Gasteiger partial charge in [0.05, 0.1) is 0 Å². The molecule has 0 atom stereocenters. The van der Waals surface area contributed by atoms with E-state index < -0.39 is 0 Å². The van der Waals surface area contributed by atoms with E-state index in [2.05, 4.69) is 0 Å². The van der Waals surface area contributed by atoms with E-state index in [0.29, 0.717) is 5.75 Å². The first-order valence-corrected chi connectivity index (χ1v) is 6.74. The van der Waals surface area contributed by atoms with Crippen LogP contribution in [-0.4, -0.2) is 0 Å². The number of rotatable bonds is 2. The summed E-state index contributed by atoms with van der Waals surface area (Å²) in [7, 11) is 0. The van der Waals surface area contributed by atoms with E-state index in [1.54, 1.807) is 12.1 Å². The second-order valence-electron chi connectivity index (χ2n) is 3.37. The van der Waals surface area contributed by atoms with Gasteiger partial charge in [0.15, 0.2) is 0 Å². The normalized spacial score (nSPS) is 8.53. The van der Waals surface area contributed by atoms with Crippen LogP contribution in [0, 0.1) is 12.7 Å². The summed E-state index contributed by atoms with van der Waals surface area (Å²) >= 11 is 0. The topological polar surface area (TPSA) is 9.23 Å². The van der Waals surface area contributed by atoms with Crippen molar-refractivity contribution in [3.63, 3.8) is 0 Å². The van der Waals surface area contributed by atoms with Crippen LogP contribution in [-0.2, 0) is 0 Å². The van der Waals surface area contributed by atoms with Crippen LogP contribution < -0.4 is 4.74 Å². The maximum Gasteiger partial charge on any atom is 0.127 e. The molecule has 0 bridgehead atoms. The lowest BCUT2D eigenvalue weighted by Crippen LogP contribution is -1.84. The van der Waals surface area contributed by atoms with Crippen molar-refractivity contribution in [2.45, 2.75) is 34.6 Å². The van der Waals surface area contributed by atoms with Gasteiger partial charge in [-0.3, -0.25) is 0 Å². The summed E-state index contributed by atoms with van der Waals surface area (Å²) in [6.45, 7) is 10.0. The second-order valence-corrected chi connectivity index (χ2v) is 3.37. The van der Waals surface area contributed by atoms with Crippen molar-refractivity contribution >= 4 is 0 Å². The predicted molar refractivity (Wildman–Crippen MR) is 80.3 cm³/mol. The largest absolute Gasteiger partial charge is 0.457 e. The van der Waals surface area contributed by atoms with Gasteiger partial charge in [0, 0.05) is 0 Å². The molecule has 0 aliphatic rings. The quantitative estimate of drug-likeness (QED) is 0.647. The minimum Gasteiger partial charge on any atom is -0.457 e. The molecule has 2 heteroatoms. The molecule has 0 aromatic heterocycles. The van der Waals surface area contributed by atoms with Gasteiger partial charge in [-0.1, -0.05) is 45.4 Å². The molecule has 0 N–H and O–H groups in total. The second kappa shape index (κ2) is 10.1. The molecule has 2 aromatic carbocycles. The molecule has 19 heavy (non-hydrogen) atoms. The Hall–Kier alpha value is -1.83. The molecular formula is C17H23FO. The first-order valence-electron chi connectivity index (χ1n) is 6.74. The van der Waals surface area contributed by atoms with Gasteiger partial charge in [0.1, 0.15) is 17.3 Å². The van der Waals surface area contributed by atoms with Gasteiger partial charge in [0.25, 0.3) is 0 Å². The van der Waals surface area contributed by atoms with Gasteiger partial charge >= 0.3 is 0 Å². The van der Waals surface area contributed by atoms with Gasteiger partial charge in [-0.2, -0.15) is 0 Å². The summed E-state index contributed by atoms with van der Waals surface area (Å²) in [4.78, 5) is 0. The molecule has 0 aliphatic heterocycles. The lowest BCUT2D eigenvalue weighted by atomic mass is 10.2. The number of benzene rings is 2. The van der Waals surface area contributed by atoms with Crippen LogP contribution in [0.4, 0.5) is 4.39 Å². The van der Waals surface area contributed by atoms with E-state index in [0.717, 1.165) is 5.75 Å². The summed E-state index contributed by atoms with van der Waals surface area (Å²) in [5.74, 6) is 1.14. The van der Waals surface area contributed by atoms with Gasteiger partial charge in [-0.15, -0.1) is 0 Å². The zero-order chi connectivity index (χ0) is 14.7. The van der Waals surface area contributed by atoms with Crippen molar-refractivity contribution < 1.29 is 9.13 Å². The highest BCUT2D eigenvalue weighted by Crippen LogP contribution is 2.21. The summed E-state index contributed by atoms with van der Waals surface area (Å²) in [6, 6.07) is 13.7. The van der Waals surface area contributed by atoms with Gasteiger partial charge in [0.2, 0.25) is 0 Å². The molecule has 2 aromatic rings. The molecule has 0 saturated heterocycles. The van der Waals surface area contributed by atoms with Crippen LogP contribution in [0.25, 0.3) is 0 Å². The molecule has 0 heterocycles.